The van der Waals surface area contributed by atoms with Crippen molar-refractivity contribution in [3.05, 3.63) is 53.1 Å². The van der Waals surface area contributed by atoms with Crippen LogP contribution in [0.2, 0.25) is 0 Å². The van der Waals surface area contributed by atoms with Gasteiger partial charge in [0.1, 0.15) is 23.0 Å². The number of carbonyl (C=O) groups excluding carboxylic acids is 1. The van der Waals surface area contributed by atoms with Crippen LogP contribution in [0, 0.1) is 0 Å². The lowest BCUT2D eigenvalue weighted by molar-refractivity contribution is -0.130. The van der Waals surface area contributed by atoms with Gasteiger partial charge in [-0.05, 0) is 56.0 Å². The maximum absolute atomic E-state index is 13.0. The lowest BCUT2D eigenvalue weighted by Gasteiger charge is -2.28. The zero-order chi connectivity index (χ0) is 27.3. The molecule has 3 aromatic heterocycles. The number of nitrogens with one attached hydrogen (secondary N) is 1. The molecule has 10 nitrogen and oxygen atoms in total. The molecule has 0 saturated carbocycles. The van der Waals surface area contributed by atoms with Gasteiger partial charge in [0.2, 0.25) is 10.0 Å². The molecule has 1 N–H and O–H groups in total. The molecule has 2 aliphatic rings. The lowest BCUT2D eigenvalue weighted by atomic mass is 10.0. The molecule has 2 aliphatic heterocycles. The van der Waals surface area contributed by atoms with Crippen molar-refractivity contribution in [3.63, 3.8) is 0 Å². The average molecular weight is 550 g/mol. The predicted octanol–water partition coefficient (Wildman–Crippen LogP) is 3.31. The molecule has 0 unspecified atom stereocenters. The summed E-state index contributed by atoms with van der Waals surface area (Å²) in [6.45, 7) is 4.14. The molecule has 0 saturated heterocycles. The molecule has 1 amide bonds. The first-order valence-electron chi connectivity index (χ1n) is 12.1. The topological polar surface area (TPSA) is 123 Å². The number of hydrogen-bond acceptors (Lipinski definition) is 7. The van der Waals surface area contributed by atoms with Crippen molar-refractivity contribution in [1.29, 1.82) is 0 Å². The number of amides is 1. The molecule has 0 aromatic carbocycles. The molecule has 0 radical (unpaired) electrons. The van der Waals surface area contributed by atoms with E-state index in [0.717, 1.165) is 28.5 Å². The van der Waals surface area contributed by atoms with E-state index in [2.05, 4.69) is 43.9 Å². The first kappa shape index (κ1) is 26.2. The number of alkyl halides is 3. The molecule has 202 valence electrons. The minimum atomic E-state index is -4.56. The van der Waals surface area contributed by atoms with Crippen molar-refractivity contribution in [2.75, 3.05) is 17.6 Å². The van der Waals surface area contributed by atoms with Gasteiger partial charge in [0, 0.05) is 31.2 Å². The molecule has 0 aliphatic carbocycles. The van der Waals surface area contributed by atoms with Gasteiger partial charge in [0.05, 0.1) is 12.2 Å². The molecule has 14 heteroatoms. The predicted molar refractivity (Wildman–Crippen MR) is 132 cm³/mol. The summed E-state index contributed by atoms with van der Waals surface area (Å²) >= 11 is 0. The van der Waals surface area contributed by atoms with Crippen molar-refractivity contribution >= 4 is 21.7 Å². The van der Waals surface area contributed by atoms with Crippen LogP contribution in [-0.4, -0.2) is 61.8 Å². The van der Waals surface area contributed by atoms with Gasteiger partial charge in [-0.15, -0.1) is 10.2 Å². The number of pyridine rings is 2. The molecule has 3 aromatic rings. The van der Waals surface area contributed by atoms with Crippen molar-refractivity contribution in [2.45, 2.75) is 57.8 Å². The van der Waals surface area contributed by atoms with E-state index < -0.39 is 34.3 Å². The summed E-state index contributed by atoms with van der Waals surface area (Å²) < 4.78 is 65.7. The number of hydrogen-bond donors (Lipinski definition) is 1. The molecule has 0 spiro atoms. The van der Waals surface area contributed by atoms with Gasteiger partial charge >= 0.3 is 6.18 Å². The van der Waals surface area contributed by atoms with E-state index in [9.17, 15) is 26.4 Å². The fraction of sp³-hybridized carbons (Fsp3) is 0.458. The zero-order valence-corrected chi connectivity index (χ0v) is 21.6. The van der Waals surface area contributed by atoms with Crippen LogP contribution >= 0.6 is 0 Å². The average Bonchev–Trinajstić information content (AvgIpc) is 3.43. The molecule has 5 rings (SSSR count). The second kappa shape index (κ2) is 9.42. The van der Waals surface area contributed by atoms with Gasteiger partial charge in [-0.3, -0.25) is 9.78 Å². The Labute approximate surface area is 217 Å². The number of nitrogens with zero attached hydrogens (tertiary/aromatic N) is 6. The summed E-state index contributed by atoms with van der Waals surface area (Å²) in [6.07, 6.45) is -2.43. The summed E-state index contributed by atoms with van der Waals surface area (Å²) in [5.74, 6) is 0.197. The van der Waals surface area contributed by atoms with Gasteiger partial charge in [0.15, 0.2) is 5.82 Å². The highest BCUT2D eigenvalue weighted by Gasteiger charge is 2.35. The highest BCUT2D eigenvalue weighted by atomic mass is 32.2. The molecule has 0 atom stereocenters. The maximum atomic E-state index is 13.0. The van der Waals surface area contributed by atoms with Crippen molar-refractivity contribution in [1.82, 2.24) is 29.0 Å². The Morgan fingerprint density at radius 1 is 1.16 bits per heavy atom. The Morgan fingerprint density at radius 3 is 2.71 bits per heavy atom. The molecular weight excluding hydrogens is 523 g/mol. The first-order chi connectivity index (χ1) is 17.8. The summed E-state index contributed by atoms with van der Waals surface area (Å²) in [7, 11) is -4.11. The van der Waals surface area contributed by atoms with E-state index in [-0.39, 0.29) is 36.6 Å². The van der Waals surface area contributed by atoms with Crippen LogP contribution in [0.3, 0.4) is 0 Å². The molecule has 0 fully saturated rings. The minimum absolute atomic E-state index is 0.0370. The number of aryl methyl sites for hydroxylation is 1. The summed E-state index contributed by atoms with van der Waals surface area (Å²) in [6, 6.07) is 6.62. The summed E-state index contributed by atoms with van der Waals surface area (Å²) in [5, 5.41) is 11.3. The van der Waals surface area contributed by atoms with E-state index in [1.807, 2.05) is 0 Å². The summed E-state index contributed by atoms with van der Waals surface area (Å²) in [4.78, 5) is 21.7. The van der Waals surface area contributed by atoms with E-state index >= 15 is 0 Å². The van der Waals surface area contributed by atoms with Gasteiger partial charge < -0.3 is 9.88 Å². The van der Waals surface area contributed by atoms with Crippen molar-refractivity contribution in [3.8, 4) is 11.5 Å². The first-order valence-corrected chi connectivity index (χ1v) is 13.7. The van der Waals surface area contributed by atoms with E-state index in [0.29, 0.717) is 17.1 Å². The standard InChI is InChI=1S/C24H26F3N7O3S/c1-23(2)8-6-20-31-32-21(34(20)23)17-4-3-5-19(29-17)30-22(35)18-12-16-14-33(10-7-15(16)13-28-18)38(36,37)11-9-24(25,26)27/h3-5,12-13H,6-11,14H2,1-2H3,(H,29,30,35). The highest BCUT2D eigenvalue weighted by Crippen LogP contribution is 2.35. The second-order valence-corrected chi connectivity index (χ2v) is 12.1. The van der Waals surface area contributed by atoms with Gasteiger partial charge in [-0.1, -0.05) is 6.07 Å². The second-order valence-electron chi connectivity index (χ2n) is 10.1. The third-order valence-electron chi connectivity index (χ3n) is 6.85. The van der Waals surface area contributed by atoms with Gasteiger partial charge in [-0.2, -0.15) is 17.5 Å². The molecule has 38 heavy (non-hydrogen) atoms. The largest absolute Gasteiger partial charge is 0.390 e. The van der Waals surface area contributed by atoms with Crippen molar-refractivity contribution in [2.24, 2.45) is 0 Å². The smallest absolute Gasteiger partial charge is 0.305 e. The number of aromatic nitrogens is 5. The van der Waals surface area contributed by atoms with Crippen LogP contribution in [0.4, 0.5) is 19.0 Å². The van der Waals surface area contributed by atoms with E-state index in [1.54, 1.807) is 18.2 Å². The van der Waals surface area contributed by atoms with Crippen LogP contribution in [-0.2, 0) is 34.9 Å². The fourth-order valence-electron chi connectivity index (χ4n) is 4.77. The Balaban J connectivity index is 1.32. The number of anilines is 1. The Morgan fingerprint density at radius 2 is 1.95 bits per heavy atom. The van der Waals surface area contributed by atoms with Crippen LogP contribution in [0.5, 0.6) is 0 Å². The Kier molecular flexibility index (Phi) is 6.50. The van der Waals surface area contributed by atoms with E-state index in [4.69, 9.17) is 0 Å². The van der Waals surface area contributed by atoms with Crippen molar-refractivity contribution < 1.29 is 26.4 Å². The maximum Gasteiger partial charge on any atom is 0.390 e. The van der Waals surface area contributed by atoms with Crippen LogP contribution in [0.25, 0.3) is 11.5 Å². The minimum Gasteiger partial charge on any atom is -0.305 e. The third kappa shape index (κ3) is 5.27. The van der Waals surface area contributed by atoms with E-state index in [1.165, 1.54) is 12.3 Å². The monoisotopic (exact) mass is 549 g/mol. The highest BCUT2D eigenvalue weighted by molar-refractivity contribution is 7.89. The number of carbonyl (C=O) groups is 1. The number of rotatable bonds is 6. The van der Waals surface area contributed by atoms with Crippen LogP contribution < -0.4 is 5.32 Å². The molecular formula is C24H26F3N7O3S. The molecule has 5 heterocycles. The number of halogens is 3. The summed E-state index contributed by atoms with van der Waals surface area (Å²) in [5.41, 5.74) is 1.70. The quantitative estimate of drug-likeness (QED) is 0.501. The normalized spacial score (nSPS) is 17.2. The van der Waals surface area contributed by atoms with Crippen LogP contribution in [0.15, 0.2) is 30.5 Å². The Bertz CT molecular complexity index is 1500. The van der Waals surface area contributed by atoms with Gasteiger partial charge in [0.25, 0.3) is 5.91 Å². The molecule has 0 bridgehead atoms. The zero-order valence-electron chi connectivity index (χ0n) is 20.8. The van der Waals surface area contributed by atoms with Gasteiger partial charge in [-0.25, -0.2) is 13.4 Å². The van der Waals surface area contributed by atoms with Crippen LogP contribution in [0.1, 0.15) is 54.1 Å². The number of sulfonamides is 1. The third-order valence-corrected chi connectivity index (χ3v) is 8.66. The number of fused-ring (bicyclic) bond motifs is 2. The fourth-order valence-corrected chi connectivity index (χ4v) is 6.22. The Hall–Kier alpha value is -3.39. The lowest BCUT2D eigenvalue weighted by Crippen LogP contribution is -2.38. The SMILES string of the molecule is CC1(C)CCc2nnc(-c3cccc(NC(=O)c4cc5c(cn4)CCN(S(=O)(=O)CCC(F)(F)F)C5)n3)n21.